The average molecular weight is 370 g/mol. The predicted molar refractivity (Wildman–Crippen MR) is 89.6 cm³/mol. The smallest absolute Gasteiger partial charge is 0.339 e. The standard InChI is InChI=1S/C16H22N2O6S/c1-23-15(19)10-6-7-12(16(20)24-2)14(8-10)25(21,22)18-13-5-3-4-11(13)9-17/h6-8,11,13,18H,3-5,9,17H2,1-2H3. The van der Waals surface area contributed by atoms with Crippen LogP contribution in [0.3, 0.4) is 0 Å². The van der Waals surface area contributed by atoms with Gasteiger partial charge in [-0.15, -0.1) is 0 Å². The molecular formula is C16H22N2O6S. The normalized spacial score (nSPS) is 20.3. The molecule has 0 heterocycles. The lowest BCUT2D eigenvalue weighted by atomic mass is 10.1. The molecule has 0 radical (unpaired) electrons. The summed E-state index contributed by atoms with van der Waals surface area (Å²) in [6.07, 6.45) is 2.39. The van der Waals surface area contributed by atoms with Gasteiger partial charge in [0.05, 0.1) is 30.2 Å². The number of carbonyl (C=O) groups is 2. The maximum atomic E-state index is 12.8. The van der Waals surface area contributed by atoms with Crippen LogP contribution in [0.25, 0.3) is 0 Å². The van der Waals surface area contributed by atoms with Crippen molar-refractivity contribution in [1.29, 1.82) is 0 Å². The number of ether oxygens (including phenoxy) is 2. The number of sulfonamides is 1. The van der Waals surface area contributed by atoms with Crippen LogP contribution >= 0.6 is 0 Å². The first-order valence-corrected chi connectivity index (χ1v) is 9.35. The molecule has 8 nitrogen and oxygen atoms in total. The Morgan fingerprint density at radius 1 is 1.20 bits per heavy atom. The van der Waals surface area contributed by atoms with Crippen molar-refractivity contribution in [2.45, 2.75) is 30.2 Å². The zero-order chi connectivity index (χ0) is 18.6. The molecule has 2 rings (SSSR count). The van der Waals surface area contributed by atoms with E-state index in [1.807, 2.05) is 0 Å². The summed E-state index contributed by atoms with van der Waals surface area (Å²) in [4.78, 5) is 23.3. The minimum absolute atomic E-state index is 0.0253. The van der Waals surface area contributed by atoms with Gasteiger partial charge in [-0.2, -0.15) is 0 Å². The molecule has 0 saturated heterocycles. The van der Waals surface area contributed by atoms with E-state index < -0.39 is 22.0 Å². The monoisotopic (exact) mass is 370 g/mol. The largest absolute Gasteiger partial charge is 0.465 e. The highest BCUT2D eigenvalue weighted by molar-refractivity contribution is 7.89. The Morgan fingerprint density at radius 3 is 2.48 bits per heavy atom. The van der Waals surface area contributed by atoms with Gasteiger partial charge in [0.25, 0.3) is 0 Å². The lowest BCUT2D eigenvalue weighted by molar-refractivity contribution is 0.0583. The Labute approximate surface area is 146 Å². The van der Waals surface area contributed by atoms with Crippen molar-refractivity contribution in [2.75, 3.05) is 20.8 Å². The van der Waals surface area contributed by atoms with Gasteiger partial charge in [-0.1, -0.05) is 6.42 Å². The molecule has 1 fully saturated rings. The van der Waals surface area contributed by atoms with Crippen molar-refractivity contribution >= 4 is 22.0 Å². The zero-order valence-corrected chi connectivity index (χ0v) is 15.0. The molecule has 25 heavy (non-hydrogen) atoms. The maximum absolute atomic E-state index is 12.8. The van der Waals surface area contributed by atoms with Gasteiger partial charge in [0.2, 0.25) is 10.0 Å². The van der Waals surface area contributed by atoms with E-state index in [4.69, 9.17) is 5.73 Å². The SMILES string of the molecule is COC(=O)c1ccc(C(=O)OC)c(S(=O)(=O)NC2CCCC2CN)c1. The van der Waals surface area contributed by atoms with Crippen molar-refractivity contribution in [2.24, 2.45) is 11.7 Å². The molecule has 0 aliphatic heterocycles. The van der Waals surface area contributed by atoms with Gasteiger partial charge < -0.3 is 15.2 Å². The van der Waals surface area contributed by atoms with E-state index in [2.05, 4.69) is 14.2 Å². The summed E-state index contributed by atoms with van der Waals surface area (Å²) in [5.41, 5.74) is 5.57. The van der Waals surface area contributed by atoms with Gasteiger partial charge in [0, 0.05) is 6.04 Å². The second kappa shape index (κ2) is 7.94. The van der Waals surface area contributed by atoms with Crippen molar-refractivity contribution < 1.29 is 27.5 Å². The van der Waals surface area contributed by atoms with Crippen LogP contribution in [0.5, 0.6) is 0 Å². The number of methoxy groups -OCH3 is 2. The van der Waals surface area contributed by atoms with E-state index in [1.165, 1.54) is 19.2 Å². The van der Waals surface area contributed by atoms with Crippen molar-refractivity contribution in [3.63, 3.8) is 0 Å². The third kappa shape index (κ3) is 4.17. The fourth-order valence-corrected chi connectivity index (χ4v) is 4.56. The third-order valence-electron chi connectivity index (χ3n) is 4.37. The van der Waals surface area contributed by atoms with Gasteiger partial charge in [-0.3, -0.25) is 0 Å². The highest BCUT2D eigenvalue weighted by Gasteiger charge is 2.32. The molecule has 0 spiro atoms. The molecule has 3 N–H and O–H groups in total. The topological polar surface area (TPSA) is 125 Å². The average Bonchev–Trinajstić information content (AvgIpc) is 3.06. The van der Waals surface area contributed by atoms with E-state index in [0.29, 0.717) is 13.0 Å². The van der Waals surface area contributed by atoms with Crippen molar-refractivity contribution in [3.8, 4) is 0 Å². The Hall–Kier alpha value is -1.97. The predicted octanol–water partition coefficient (Wildman–Crippen LogP) is 0.666. The van der Waals surface area contributed by atoms with E-state index >= 15 is 0 Å². The lowest BCUT2D eigenvalue weighted by Gasteiger charge is -2.20. The summed E-state index contributed by atoms with van der Waals surface area (Å²) < 4.78 is 37.5. The summed E-state index contributed by atoms with van der Waals surface area (Å²) in [6, 6.07) is 3.37. The summed E-state index contributed by atoms with van der Waals surface area (Å²) in [7, 11) is -1.71. The molecule has 9 heteroatoms. The van der Waals surface area contributed by atoms with Crippen LogP contribution in [0.4, 0.5) is 0 Å². The van der Waals surface area contributed by atoms with Crippen molar-refractivity contribution in [3.05, 3.63) is 29.3 Å². The number of nitrogens with one attached hydrogen (secondary N) is 1. The van der Waals surface area contributed by atoms with Gasteiger partial charge in [-0.05, 0) is 43.5 Å². The van der Waals surface area contributed by atoms with Crippen LogP contribution in [0, 0.1) is 5.92 Å². The van der Waals surface area contributed by atoms with E-state index in [1.54, 1.807) is 0 Å². The molecule has 138 valence electrons. The molecule has 1 aliphatic rings. The third-order valence-corrected chi connectivity index (χ3v) is 5.90. The number of carbonyl (C=O) groups excluding carboxylic acids is 2. The van der Waals surface area contributed by atoms with Gasteiger partial charge >= 0.3 is 11.9 Å². The Morgan fingerprint density at radius 2 is 1.88 bits per heavy atom. The van der Waals surface area contributed by atoms with Crippen LogP contribution in [0.2, 0.25) is 0 Å². The lowest BCUT2D eigenvalue weighted by Crippen LogP contribution is -2.40. The summed E-state index contributed by atoms with van der Waals surface area (Å²) in [6.45, 7) is 0.374. The first-order chi connectivity index (χ1) is 11.8. The quantitative estimate of drug-likeness (QED) is 0.705. The molecule has 0 amide bonds. The number of hydrogen-bond acceptors (Lipinski definition) is 7. The minimum atomic E-state index is -4.05. The zero-order valence-electron chi connectivity index (χ0n) is 14.2. The highest BCUT2D eigenvalue weighted by atomic mass is 32.2. The highest BCUT2D eigenvalue weighted by Crippen LogP contribution is 2.27. The molecule has 0 aromatic heterocycles. The maximum Gasteiger partial charge on any atom is 0.339 e. The van der Waals surface area contributed by atoms with Crippen LogP contribution < -0.4 is 10.5 Å². The van der Waals surface area contributed by atoms with Crippen LogP contribution in [0.1, 0.15) is 40.0 Å². The van der Waals surface area contributed by atoms with E-state index in [0.717, 1.165) is 26.0 Å². The number of esters is 2. The van der Waals surface area contributed by atoms with Gasteiger partial charge in [0.1, 0.15) is 0 Å². The molecule has 1 aliphatic carbocycles. The minimum Gasteiger partial charge on any atom is -0.465 e. The van der Waals surface area contributed by atoms with Crippen molar-refractivity contribution in [1.82, 2.24) is 4.72 Å². The first-order valence-electron chi connectivity index (χ1n) is 7.87. The molecule has 0 bridgehead atoms. The summed E-state index contributed by atoms with van der Waals surface area (Å²) in [5, 5.41) is 0. The fraction of sp³-hybridized carbons (Fsp3) is 0.500. The van der Waals surface area contributed by atoms with Crippen LogP contribution in [-0.4, -0.2) is 47.2 Å². The molecule has 2 unspecified atom stereocenters. The second-order valence-electron chi connectivity index (χ2n) is 5.85. The Bertz CT molecular complexity index is 762. The number of rotatable bonds is 6. The number of benzene rings is 1. The van der Waals surface area contributed by atoms with Gasteiger partial charge in [-0.25, -0.2) is 22.7 Å². The molecule has 1 saturated carbocycles. The van der Waals surface area contributed by atoms with E-state index in [9.17, 15) is 18.0 Å². The molecule has 2 atom stereocenters. The molecular weight excluding hydrogens is 348 g/mol. The molecule has 1 aromatic carbocycles. The second-order valence-corrected chi connectivity index (χ2v) is 7.53. The Kier molecular flexibility index (Phi) is 6.15. The summed E-state index contributed by atoms with van der Waals surface area (Å²) in [5.74, 6) is -1.47. The molecule has 1 aromatic rings. The Balaban J connectivity index is 2.45. The number of hydrogen-bond donors (Lipinski definition) is 2. The fourth-order valence-electron chi connectivity index (χ4n) is 3.00. The first kappa shape index (κ1) is 19.4. The van der Waals surface area contributed by atoms with Crippen LogP contribution in [0.15, 0.2) is 23.1 Å². The van der Waals surface area contributed by atoms with Gasteiger partial charge in [0.15, 0.2) is 0 Å². The van der Waals surface area contributed by atoms with E-state index in [-0.39, 0.29) is 28.0 Å². The van der Waals surface area contributed by atoms with Crippen LogP contribution in [-0.2, 0) is 19.5 Å². The number of nitrogens with two attached hydrogens (primary N) is 1. The summed E-state index contributed by atoms with van der Waals surface area (Å²) >= 11 is 0.